The summed E-state index contributed by atoms with van der Waals surface area (Å²) in [4.78, 5) is 0. The van der Waals surface area contributed by atoms with Crippen LogP contribution in [-0.4, -0.2) is 19.7 Å². The number of nitrogens with one attached hydrogen (secondary N) is 1. The minimum atomic E-state index is 0.526. The molecule has 0 amide bonds. The first-order chi connectivity index (χ1) is 8.15. The lowest BCUT2D eigenvalue weighted by Crippen LogP contribution is -2.20. The monoisotopic (exact) mass is 361 g/mol. The van der Waals surface area contributed by atoms with Gasteiger partial charge in [0.25, 0.3) is 0 Å². The molecule has 0 aliphatic carbocycles. The molecule has 0 bridgehead atoms. The molecule has 0 heterocycles. The molecule has 0 radical (unpaired) electrons. The van der Waals surface area contributed by atoms with Crippen LogP contribution in [0.5, 0.6) is 5.75 Å². The first-order valence-corrected chi connectivity index (χ1v) is 7.18. The van der Waals surface area contributed by atoms with Crippen LogP contribution in [0.2, 0.25) is 0 Å². The van der Waals surface area contributed by atoms with E-state index >= 15 is 0 Å². The molecule has 1 rings (SSSR count). The van der Waals surface area contributed by atoms with Crippen molar-refractivity contribution in [2.75, 3.05) is 19.7 Å². The van der Waals surface area contributed by atoms with Crippen LogP contribution in [0.15, 0.2) is 39.3 Å². The molecule has 0 saturated heterocycles. The fourth-order valence-electron chi connectivity index (χ4n) is 1.29. The Hall–Kier alpha value is -0.320. The van der Waals surface area contributed by atoms with E-state index in [2.05, 4.69) is 50.7 Å². The van der Waals surface area contributed by atoms with Gasteiger partial charge in [0.15, 0.2) is 0 Å². The minimum Gasteiger partial charge on any atom is -0.487 e. The smallest absolute Gasteiger partial charge is 0.148 e. The molecule has 17 heavy (non-hydrogen) atoms. The van der Waals surface area contributed by atoms with Gasteiger partial charge < -0.3 is 10.1 Å². The third-order valence-electron chi connectivity index (χ3n) is 2.14. The van der Waals surface area contributed by atoms with Crippen LogP contribution in [0.3, 0.4) is 0 Å². The Morgan fingerprint density at radius 1 is 1.35 bits per heavy atom. The van der Waals surface area contributed by atoms with E-state index in [-0.39, 0.29) is 0 Å². The molecule has 0 aliphatic rings. The van der Waals surface area contributed by atoms with E-state index in [4.69, 9.17) is 4.74 Å². The number of rotatable bonds is 7. The van der Waals surface area contributed by atoms with Gasteiger partial charge in [-0.2, -0.15) is 0 Å². The van der Waals surface area contributed by atoms with Crippen molar-refractivity contribution in [3.8, 4) is 5.75 Å². The predicted octanol–water partition coefficient (Wildman–Crippen LogP) is 4.15. The van der Waals surface area contributed by atoms with Gasteiger partial charge in [-0.05, 0) is 62.5 Å². The standard InChI is InChI=1S/C13H17Br2NO/c1-3-7-16-8-10(2)9-17-13-11(14)5-4-6-12(13)15/h4-6,16H,2-3,7-9H2,1H3. The van der Waals surface area contributed by atoms with Crippen LogP contribution in [0.25, 0.3) is 0 Å². The Balaban J connectivity index is 2.42. The second kappa shape index (κ2) is 7.90. The van der Waals surface area contributed by atoms with Crippen LogP contribution in [0.1, 0.15) is 13.3 Å². The minimum absolute atomic E-state index is 0.526. The maximum Gasteiger partial charge on any atom is 0.148 e. The molecule has 0 atom stereocenters. The molecule has 0 unspecified atom stereocenters. The average Bonchev–Trinajstić information content (AvgIpc) is 2.29. The molecule has 0 aliphatic heterocycles. The Kier molecular flexibility index (Phi) is 6.85. The molecule has 2 nitrogen and oxygen atoms in total. The van der Waals surface area contributed by atoms with E-state index in [0.717, 1.165) is 39.8 Å². The van der Waals surface area contributed by atoms with Crippen molar-refractivity contribution in [3.63, 3.8) is 0 Å². The normalized spacial score (nSPS) is 10.3. The van der Waals surface area contributed by atoms with Gasteiger partial charge in [0, 0.05) is 6.54 Å². The fourth-order valence-corrected chi connectivity index (χ4v) is 2.51. The van der Waals surface area contributed by atoms with E-state index < -0.39 is 0 Å². The van der Waals surface area contributed by atoms with Gasteiger partial charge in [-0.1, -0.05) is 19.6 Å². The maximum atomic E-state index is 5.73. The lowest BCUT2D eigenvalue weighted by molar-refractivity contribution is 0.344. The number of halogens is 2. The Labute approximate surface area is 120 Å². The van der Waals surface area contributed by atoms with Crippen molar-refractivity contribution in [3.05, 3.63) is 39.3 Å². The fraction of sp³-hybridized carbons (Fsp3) is 0.385. The van der Waals surface area contributed by atoms with E-state index in [0.29, 0.717) is 6.61 Å². The first-order valence-electron chi connectivity index (χ1n) is 5.59. The quantitative estimate of drug-likeness (QED) is 0.581. The van der Waals surface area contributed by atoms with E-state index in [1.807, 2.05) is 18.2 Å². The van der Waals surface area contributed by atoms with Crippen LogP contribution in [-0.2, 0) is 0 Å². The highest BCUT2D eigenvalue weighted by Gasteiger charge is 2.06. The molecular formula is C13H17Br2NO. The zero-order valence-electron chi connectivity index (χ0n) is 9.93. The van der Waals surface area contributed by atoms with Gasteiger partial charge in [0.05, 0.1) is 8.95 Å². The second-order valence-electron chi connectivity index (χ2n) is 3.77. The molecule has 0 saturated carbocycles. The zero-order chi connectivity index (χ0) is 12.7. The summed E-state index contributed by atoms with van der Waals surface area (Å²) in [6.45, 7) is 8.46. The molecule has 1 aromatic carbocycles. The van der Waals surface area contributed by atoms with Crippen molar-refractivity contribution in [1.82, 2.24) is 5.32 Å². The van der Waals surface area contributed by atoms with E-state index in [1.165, 1.54) is 0 Å². The molecule has 0 fully saturated rings. The van der Waals surface area contributed by atoms with Crippen LogP contribution >= 0.6 is 31.9 Å². The summed E-state index contributed by atoms with van der Waals surface area (Å²) in [6, 6.07) is 5.87. The number of hydrogen-bond donors (Lipinski definition) is 1. The van der Waals surface area contributed by atoms with Crippen molar-refractivity contribution in [2.24, 2.45) is 0 Å². The summed E-state index contributed by atoms with van der Waals surface area (Å²) in [6.07, 6.45) is 1.13. The molecule has 94 valence electrons. The zero-order valence-corrected chi connectivity index (χ0v) is 13.1. The highest BCUT2D eigenvalue weighted by molar-refractivity contribution is 9.11. The van der Waals surface area contributed by atoms with Gasteiger partial charge in [0.2, 0.25) is 0 Å². The Morgan fingerprint density at radius 2 is 2.00 bits per heavy atom. The van der Waals surface area contributed by atoms with Gasteiger partial charge in [0.1, 0.15) is 12.4 Å². The highest BCUT2D eigenvalue weighted by Crippen LogP contribution is 2.33. The van der Waals surface area contributed by atoms with Crippen LogP contribution < -0.4 is 10.1 Å². The molecule has 0 spiro atoms. The summed E-state index contributed by atoms with van der Waals surface area (Å²) in [5.74, 6) is 0.823. The number of para-hydroxylation sites is 1. The third kappa shape index (κ3) is 5.23. The van der Waals surface area contributed by atoms with Crippen molar-refractivity contribution < 1.29 is 4.74 Å². The largest absolute Gasteiger partial charge is 0.487 e. The summed E-state index contributed by atoms with van der Waals surface area (Å²) in [5, 5.41) is 3.30. The van der Waals surface area contributed by atoms with Gasteiger partial charge in [-0.3, -0.25) is 0 Å². The lowest BCUT2D eigenvalue weighted by Gasteiger charge is -2.12. The number of benzene rings is 1. The molecule has 0 aromatic heterocycles. The molecular weight excluding hydrogens is 346 g/mol. The number of hydrogen-bond acceptors (Lipinski definition) is 2. The van der Waals surface area contributed by atoms with Crippen LogP contribution in [0, 0.1) is 0 Å². The Morgan fingerprint density at radius 3 is 2.59 bits per heavy atom. The van der Waals surface area contributed by atoms with Crippen molar-refractivity contribution >= 4 is 31.9 Å². The lowest BCUT2D eigenvalue weighted by atomic mass is 10.3. The van der Waals surface area contributed by atoms with E-state index in [9.17, 15) is 0 Å². The van der Waals surface area contributed by atoms with E-state index in [1.54, 1.807) is 0 Å². The van der Waals surface area contributed by atoms with Gasteiger partial charge in [-0.25, -0.2) is 0 Å². The highest BCUT2D eigenvalue weighted by atomic mass is 79.9. The molecule has 4 heteroatoms. The predicted molar refractivity (Wildman–Crippen MR) is 79.6 cm³/mol. The first kappa shape index (κ1) is 14.7. The number of ether oxygens (including phenoxy) is 1. The van der Waals surface area contributed by atoms with Crippen molar-refractivity contribution in [2.45, 2.75) is 13.3 Å². The Bertz CT molecular complexity index is 359. The molecule has 1 aromatic rings. The van der Waals surface area contributed by atoms with Crippen molar-refractivity contribution in [1.29, 1.82) is 0 Å². The van der Waals surface area contributed by atoms with Gasteiger partial charge >= 0.3 is 0 Å². The van der Waals surface area contributed by atoms with Crippen LogP contribution in [0.4, 0.5) is 0 Å². The summed E-state index contributed by atoms with van der Waals surface area (Å²) in [7, 11) is 0. The maximum absolute atomic E-state index is 5.73. The summed E-state index contributed by atoms with van der Waals surface area (Å²) >= 11 is 6.92. The summed E-state index contributed by atoms with van der Waals surface area (Å²) in [5.41, 5.74) is 1.04. The van der Waals surface area contributed by atoms with Gasteiger partial charge in [-0.15, -0.1) is 0 Å². The SMILES string of the molecule is C=C(CNCCC)COc1c(Br)cccc1Br. The second-order valence-corrected chi connectivity index (χ2v) is 5.47. The molecule has 1 N–H and O–H groups in total. The summed E-state index contributed by atoms with van der Waals surface area (Å²) < 4.78 is 7.62. The topological polar surface area (TPSA) is 21.3 Å². The average molecular weight is 363 g/mol. The third-order valence-corrected chi connectivity index (χ3v) is 3.39.